The van der Waals surface area contributed by atoms with Crippen LogP contribution >= 0.6 is 39.1 Å². The van der Waals surface area contributed by atoms with Gasteiger partial charge >= 0.3 is 0 Å². The van der Waals surface area contributed by atoms with Crippen LogP contribution in [0.5, 0.6) is 0 Å². The van der Waals surface area contributed by atoms with E-state index in [9.17, 15) is 18.0 Å². The van der Waals surface area contributed by atoms with E-state index in [1.54, 1.807) is 60.7 Å². The minimum Gasteiger partial charge on any atom is -0.354 e. The van der Waals surface area contributed by atoms with E-state index < -0.39 is 28.5 Å². The molecule has 0 radical (unpaired) electrons. The molecule has 7 nitrogen and oxygen atoms in total. The first-order chi connectivity index (χ1) is 19.1. The van der Waals surface area contributed by atoms with Gasteiger partial charge in [-0.2, -0.15) is 0 Å². The molecule has 2 amide bonds. The minimum atomic E-state index is -4.13. The summed E-state index contributed by atoms with van der Waals surface area (Å²) in [5.41, 5.74) is 0.962. The van der Waals surface area contributed by atoms with Gasteiger partial charge in [0.25, 0.3) is 10.0 Å². The molecule has 0 bridgehead atoms. The maximum atomic E-state index is 14.0. The Balaban J connectivity index is 2.04. The first kappa shape index (κ1) is 31.9. The van der Waals surface area contributed by atoms with Gasteiger partial charge in [0.2, 0.25) is 11.8 Å². The molecule has 214 valence electrons. The molecule has 3 aromatic rings. The van der Waals surface area contributed by atoms with Gasteiger partial charge in [-0.25, -0.2) is 8.42 Å². The molecule has 0 saturated carbocycles. The third-order valence-electron chi connectivity index (χ3n) is 6.26. The summed E-state index contributed by atoms with van der Waals surface area (Å²) >= 11 is 15.7. The predicted octanol–water partition coefficient (Wildman–Crippen LogP) is 6.67. The van der Waals surface area contributed by atoms with Crippen LogP contribution in [0.3, 0.4) is 0 Å². The van der Waals surface area contributed by atoms with Gasteiger partial charge in [-0.05, 0) is 60.9 Å². The summed E-state index contributed by atoms with van der Waals surface area (Å²) in [6, 6.07) is 18.8. The third-order valence-corrected chi connectivity index (χ3v) is 9.28. The lowest BCUT2D eigenvalue weighted by Gasteiger charge is -2.33. The molecular weight excluding hydrogens is 637 g/mol. The van der Waals surface area contributed by atoms with Crippen molar-refractivity contribution < 1.29 is 18.0 Å². The maximum Gasteiger partial charge on any atom is 0.264 e. The molecule has 1 N–H and O–H groups in total. The fourth-order valence-electron chi connectivity index (χ4n) is 4.14. The lowest BCUT2D eigenvalue weighted by atomic mass is 10.1. The van der Waals surface area contributed by atoms with E-state index in [0.717, 1.165) is 17.1 Å². The third kappa shape index (κ3) is 8.22. The number of anilines is 1. The summed E-state index contributed by atoms with van der Waals surface area (Å²) < 4.78 is 29.4. The Kier molecular flexibility index (Phi) is 11.9. The Hall–Kier alpha value is -2.59. The number of nitrogens with zero attached hydrogens (tertiary/aromatic N) is 2. The monoisotopic (exact) mass is 667 g/mol. The summed E-state index contributed by atoms with van der Waals surface area (Å²) in [7, 11) is -4.13. The second kappa shape index (κ2) is 14.9. The Bertz CT molecular complexity index is 1420. The average molecular weight is 669 g/mol. The number of rotatable bonds is 13. The average Bonchev–Trinajstić information content (AvgIpc) is 2.94. The van der Waals surface area contributed by atoms with Gasteiger partial charge in [-0.15, -0.1) is 0 Å². The van der Waals surface area contributed by atoms with Crippen molar-refractivity contribution in [3.63, 3.8) is 0 Å². The number of nitrogens with one attached hydrogen (secondary N) is 1. The highest BCUT2D eigenvalue weighted by molar-refractivity contribution is 9.10. The number of unbranched alkanes of at least 4 members (excludes halogenated alkanes) is 1. The van der Waals surface area contributed by atoms with Crippen LogP contribution in [0.25, 0.3) is 0 Å². The molecule has 3 aromatic carbocycles. The topological polar surface area (TPSA) is 86.8 Å². The quantitative estimate of drug-likeness (QED) is 0.206. The number of benzene rings is 3. The zero-order chi connectivity index (χ0) is 29.3. The molecule has 0 aliphatic heterocycles. The SMILES string of the molecule is CCCCNC(=O)[C@@H](CC)N(Cc1ccc(Cl)c(Cl)c1)C(=O)CN(c1cccc(Br)c1)S(=O)(=O)c1ccccc1. The molecule has 0 fully saturated rings. The zero-order valence-electron chi connectivity index (χ0n) is 22.3. The van der Waals surface area contributed by atoms with Crippen LogP contribution < -0.4 is 9.62 Å². The van der Waals surface area contributed by atoms with Crippen LogP contribution in [0, 0.1) is 0 Å². The Labute approximate surface area is 254 Å². The lowest BCUT2D eigenvalue weighted by molar-refractivity contribution is -0.140. The second-order valence-corrected chi connectivity index (χ2v) is 12.7. The molecule has 0 aliphatic rings. The number of carbonyl (C=O) groups excluding carboxylic acids is 2. The van der Waals surface area contributed by atoms with Gasteiger partial charge in [-0.3, -0.25) is 13.9 Å². The molecular formula is C29H32BrCl2N3O4S. The van der Waals surface area contributed by atoms with Crippen molar-refractivity contribution in [2.24, 2.45) is 0 Å². The smallest absolute Gasteiger partial charge is 0.264 e. The molecule has 0 spiro atoms. The number of halogens is 3. The summed E-state index contributed by atoms with van der Waals surface area (Å²) in [6.07, 6.45) is 2.03. The van der Waals surface area contributed by atoms with Crippen LogP contribution in [0.1, 0.15) is 38.7 Å². The van der Waals surface area contributed by atoms with E-state index in [1.165, 1.54) is 17.0 Å². The van der Waals surface area contributed by atoms with Gasteiger partial charge in [0, 0.05) is 17.6 Å². The van der Waals surface area contributed by atoms with Crippen molar-refractivity contribution in [2.45, 2.75) is 50.6 Å². The molecule has 0 aliphatic carbocycles. The molecule has 3 rings (SSSR count). The lowest BCUT2D eigenvalue weighted by Crippen LogP contribution is -2.52. The predicted molar refractivity (Wildman–Crippen MR) is 164 cm³/mol. The molecule has 1 atom stereocenters. The van der Waals surface area contributed by atoms with Gasteiger partial charge < -0.3 is 10.2 Å². The van der Waals surface area contributed by atoms with E-state index in [-0.39, 0.29) is 17.3 Å². The fraction of sp³-hybridized carbons (Fsp3) is 0.310. The summed E-state index contributed by atoms with van der Waals surface area (Å²) in [6.45, 7) is 3.83. The number of hydrogen-bond donors (Lipinski definition) is 1. The Morgan fingerprint density at radius 3 is 2.30 bits per heavy atom. The molecule has 11 heteroatoms. The highest BCUT2D eigenvalue weighted by Crippen LogP contribution is 2.28. The van der Waals surface area contributed by atoms with Gasteiger partial charge in [0.1, 0.15) is 12.6 Å². The van der Waals surface area contributed by atoms with E-state index in [0.29, 0.717) is 38.7 Å². The number of amides is 2. The van der Waals surface area contributed by atoms with Crippen molar-refractivity contribution >= 4 is 66.7 Å². The van der Waals surface area contributed by atoms with Crippen molar-refractivity contribution in [1.82, 2.24) is 10.2 Å². The molecule has 0 heterocycles. The number of carbonyl (C=O) groups is 2. The first-order valence-electron chi connectivity index (χ1n) is 12.9. The van der Waals surface area contributed by atoms with Crippen LogP contribution in [-0.4, -0.2) is 44.3 Å². The summed E-state index contributed by atoms with van der Waals surface area (Å²) in [4.78, 5) is 28.7. The normalized spacial score (nSPS) is 12.0. The Morgan fingerprint density at radius 2 is 1.68 bits per heavy atom. The van der Waals surface area contributed by atoms with E-state index in [1.807, 2.05) is 13.8 Å². The largest absolute Gasteiger partial charge is 0.354 e. The molecule has 0 saturated heterocycles. The van der Waals surface area contributed by atoms with Crippen molar-refractivity contribution in [3.05, 3.63) is 92.9 Å². The van der Waals surface area contributed by atoms with Crippen molar-refractivity contribution in [2.75, 3.05) is 17.4 Å². The van der Waals surface area contributed by atoms with E-state index in [4.69, 9.17) is 23.2 Å². The maximum absolute atomic E-state index is 14.0. The van der Waals surface area contributed by atoms with Gasteiger partial charge in [0.15, 0.2) is 0 Å². The van der Waals surface area contributed by atoms with Gasteiger partial charge in [0.05, 0.1) is 20.6 Å². The molecule has 0 aromatic heterocycles. The molecule has 40 heavy (non-hydrogen) atoms. The van der Waals surface area contributed by atoms with Crippen molar-refractivity contribution in [3.8, 4) is 0 Å². The first-order valence-corrected chi connectivity index (χ1v) is 15.9. The minimum absolute atomic E-state index is 0.0349. The van der Waals surface area contributed by atoms with Crippen molar-refractivity contribution in [1.29, 1.82) is 0 Å². The second-order valence-electron chi connectivity index (χ2n) is 9.14. The van der Waals surface area contributed by atoms with Crippen LogP contribution in [0.2, 0.25) is 10.0 Å². The van der Waals surface area contributed by atoms with E-state index in [2.05, 4.69) is 21.2 Å². The fourth-order valence-corrected chi connectivity index (χ4v) is 6.27. The summed E-state index contributed by atoms with van der Waals surface area (Å²) in [5.74, 6) is -0.840. The van der Waals surface area contributed by atoms with Crippen LogP contribution in [0.4, 0.5) is 5.69 Å². The zero-order valence-corrected chi connectivity index (χ0v) is 26.2. The van der Waals surface area contributed by atoms with E-state index >= 15 is 0 Å². The van der Waals surface area contributed by atoms with Crippen LogP contribution in [-0.2, 0) is 26.2 Å². The molecule has 0 unspecified atom stereocenters. The highest BCUT2D eigenvalue weighted by atomic mass is 79.9. The van der Waals surface area contributed by atoms with Crippen LogP contribution in [0.15, 0.2) is 82.2 Å². The number of hydrogen-bond acceptors (Lipinski definition) is 4. The summed E-state index contributed by atoms with van der Waals surface area (Å²) in [5, 5.41) is 3.58. The highest BCUT2D eigenvalue weighted by Gasteiger charge is 2.33. The standard InChI is InChI=1S/C29H32BrCl2N3O4S/c1-3-5-16-33-29(37)27(4-2)34(19-21-14-15-25(31)26(32)17-21)28(36)20-35(23-11-9-10-22(30)18-23)40(38,39)24-12-7-6-8-13-24/h6-15,17-18,27H,3-5,16,19-20H2,1-2H3,(H,33,37)/t27-/m1/s1. The Morgan fingerprint density at radius 1 is 0.950 bits per heavy atom. The number of sulfonamides is 1. The van der Waals surface area contributed by atoms with Gasteiger partial charge in [-0.1, -0.05) is 89.7 Å².